The van der Waals surface area contributed by atoms with Crippen molar-refractivity contribution in [3.63, 3.8) is 0 Å². The molecule has 0 heterocycles. The van der Waals surface area contributed by atoms with Gasteiger partial charge in [-0.2, -0.15) is 11.4 Å². The lowest BCUT2D eigenvalue weighted by atomic mass is 10.2. The second-order valence-corrected chi connectivity index (χ2v) is 4.65. The van der Waals surface area contributed by atoms with Crippen molar-refractivity contribution < 1.29 is 9.53 Å². The molecule has 0 fully saturated rings. The van der Waals surface area contributed by atoms with E-state index < -0.39 is 11.7 Å². The molecule has 0 saturated heterocycles. The van der Waals surface area contributed by atoms with E-state index in [4.69, 9.17) is 4.74 Å². The third-order valence-electron chi connectivity index (χ3n) is 0.912. The Morgan fingerprint density at radius 1 is 1.54 bits per heavy atom. The molecule has 0 radical (unpaired) electrons. The maximum Gasteiger partial charge on any atom is 0.422 e. The summed E-state index contributed by atoms with van der Waals surface area (Å²) in [7, 11) is 0. The fourth-order valence-corrected chi connectivity index (χ4v) is 0.870. The minimum Gasteiger partial charge on any atom is -0.443 e. The lowest BCUT2D eigenvalue weighted by Crippen LogP contribution is -2.40. The van der Waals surface area contributed by atoms with Crippen LogP contribution in [0, 0.1) is 0 Å². The SMILES string of the molecule is CC[SH]=CNNC(=O)OC(C)(C)C. The molecule has 0 rings (SSSR count). The van der Waals surface area contributed by atoms with E-state index in [1.54, 1.807) is 5.49 Å². The number of carbonyl (C=O) groups excluding carboxylic acids is 1. The number of amides is 1. The second-order valence-electron chi connectivity index (χ2n) is 3.40. The minimum absolute atomic E-state index is 0.450. The first kappa shape index (κ1) is 12.4. The first-order valence-corrected chi connectivity index (χ1v) is 5.33. The molecular weight excluding hydrogens is 188 g/mol. The van der Waals surface area contributed by atoms with Crippen LogP contribution in [0.25, 0.3) is 0 Å². The third kappa shape index (κ3) is 9.36. The van der Waals surface area contributed by atoms with Crippen LogP contribution in [0.2, 0.25) is 0 Å². The number of ether oxygens (including phenoxy) is 1. The van der Waals surface area contributed by atoms with Gasteiger partial charge in [0.2, 0.25) is 0 Å². The summed E-state index contributed by atoms with van der Waals surface area (Å²) in [6.07, 6.45) is -0.463. The van der Waals surface area contributed by atoms with Gasteiger partial charge in [0.15, 0.2) is 0 Å². The van der Waals surface area contributed by atoms with Crippen molar-refractivity contribution in [2.24, 2.45) is 0 Å². The van der Waals surface area contributed by atoms with E-state index in [0.29, 0.717) is 0 Å². The first-order chi connectivity index (χ1) is 5.95. The van der Waals surface area contributed by atoms with Crippen molar-refractivity contribution in [3.05, 3.63) is 0 Å². The molecule has 1 amide bonds. The molecule has 4 nitrogen and oxygen atoms in total. The molecule has 2 N–H and O–H groups in total. The molecule has 0 saturated carbocycles. The third-order valence-corrected chi connectivity index (χ3v) is 1.59. The Balaban J connectivity index is 3.58. The zero-order chi connectivity index (χ0) is 10.3. The zero-order valence-electron chi connectivity index (χ0n) is 8.55. The Morgan fingerprint density at radius 2 is 2.15 bits per heavy atom. The van der Waals surface area contributed by atoms with Gasteiger partial charge in [-0.1, -0.05) is 6.92 Å². The largest absolute Gasteiger partial charge is 0.443 e. The summed E-state index contributed by atoms with van der Waals surface area (Å²) in [4.78, 5) is 11.0. The van der Waals surface area contributed by atoms with Crippen molar-refractivity contribution in [3.8, 4) is 0 Å². The van der Waals surface area contributed by atoms with E-state index in [0.717, 1.165) is 17.1 Å². The first-order valence-electron chi connectivity index (χ1n) is 4.18. The van der Waals surface area contributed by atoms with E-state index in [9.17, 15) is 4.79 Å². The Bertz CT molecular complexity index is 187. The average Bonchev–Trinajstić information content (AvgIpc) is 1.94. The highest BCUT2D eigenvalue weighted by atomic mass is 32.1. The van der Waals surface area contributed by atoms with Gasteiger partial charge >= 0.3 is 6.09 Å². The summed E-state index contributed by atoms with van der Waals surface area (Å²) >= 11 is 1.13. The molecule has 0 spiro atoms. The molecule has 13 heavy (non-hydrogen) atoms. The highest BCUT2D eigenvalue weighted by Crippen LogP contribution is 2.05. The van der Waals surface area contributed by atoms with Crippen LogP contribution in [0.3, 0.4) is 0 Å². The summed E-state index contributed by atoms with van der Waals surface area (Å²) in [5, 5.41) is 0. The molecule has 78 valence electrons. The van der Waals surface area contributed by atoms with Gasteiger partial charge in [-0.05, 0) is 26.5 Å². The van der Waals surface area contributed by atoms with Crippen molar-refractivity contribution in [2.75, 3.05) is 5.75 Å². The highest BCUT2D eigenvalue weighted by Gasteiger charge is 2.14. The molecule has 0 bridgehead atoms. The lowest BCUT2D eigenvalue weighted by molar-refractivity contribution is 0.0514. The fourth-order valence-electron chi connectivity index (χ4n) is 0.532. The van der Waals surface area contributed by atoms with Gasteiger partial charge in [-0.3, -0.25) is 5.43 Å². The summed E-state index contributed by atoms with van der Waals surface area (Å²) < 4.78 is 4.98. The molecule has 5 heteroatoms. The Labute approximate surface area is 83.0 Å². The molecule has 0 aromatic rings. The predicted molar refractivity (Wildman–Crippen MR) is 58.1 cm³/mol. The predicted octanol–water partition coefficient (Wildman–Crippen LogP) is 1.26. The van der Waals surface area contributed by atoms with Gasteiger partial charge in [0, 0.05) is 5.49 Å². The van der Waals surface area contributed by atoms with Crippen LogP contribution < -0.4 is 10.9 Å². The van der Waals surface area contributed by atoms with E-state index in [1.165, 1.54) is 0 Å². The lowest BCUT2D eigenvalue weighted by Gasteiger charge is -2.19. The van der Waals surface area contributed by atoms with Crippen LogP contribution in [0.4, 0.5) is 4.79 Å². The van der Waals surface area contributed by atoms with Gasteiger partial charge in [-0.25, -0.2) is 10.2 Å². The monoisotopic (exact) mass is 206 g/mol. The van der Waals surface area contributed by atoms with Crippen molar-refractivity contribution in [1.82, 2.24) is 10.9 Å². The molecule has 0 aliphatic rings. The summed E-state index contributed by atoms with van der Waals surface area (Å²) in [6, 6.07) is 0. The normalized spacial score (nSPS) is 12.3. The summed E-state index contributed by atoms with van der Waals surface area (Å²) in [5.74, 6) is 1.02. The van der Waals surface area contributed by atoms with Crippen molar-refractivity contribution in [2.45, 2.75) is 33.3 Å². The van der Waals surface area contributed by atoms with E-state index >= 15 is 0 Å². The molecule has 0 aliphatic carbocycles. The van der Waals surface area contributed by atoms with E-state index in [1.807, 2.05) is 27.7 Å². The molecule has 0 aromatic carbocycles. The van der Waals surface area contributed by atoms with E-state index in [-0.39, 0.29) is 0 Å². The summed E-state index contributed by atoms with van der Waals surface area (Å²) in [6.45, 7) is 7.51. The quantitative estimate of drug-likeness (QED) is 0.370. The number of hydrogen-bond donors (Lipinski definition) is 3. The van der Waals surface area contributed by atoms with Gasteiger partial charge in [0.1, 0.15) is 5.60 Å². The molecular formula is C8H18N2O2S. The highest BCUT2D eigenvalue weighted by molar-refractivity contribution is 7.97. The topological polar surface area (TPSA) is 50.4 Å². The van der Waals surface area contributed by atoms with Crippen LogP contribution in [-0.4, -0.2) is 22.9 Å². The smallest absolute Gasteiger partial charge is 0.422 e. The number of nitrogens with one attached hydrogen (secondary N) is 2. The number of rotatable bonds is 3. The second kappa shape index (κ2) is 5.99. The fraction of sp³-hybridized carbons (Fsp3) is 0.750. The Morgan fingerprint density at radius 3 is 2.62 bits per heavy atom. The number of hydrogen-bond acceptors (Lipinski definition) is 2. The summed E-state index contributed by atoms with van der Waals surface area (Å²) in [5.41, 5.74) is 6.35. The number of hydrazine groups is 1. The standard InChI is InChI=1S/C8H18N2O2S/c1-5-13-6-9-10-7(11)12-8(2,3)4/h6,9,13H,5H2,1-4H3,(H,10,11). The van der Waals surface area contributed by atoms with Gasteiger partial charge in [-0.15, -0.1) is 0 Å². The Hall–Kier alpha value is -0.550. The van der Waals surface area contributed by atoms with E-state index in [2.05, 4.69) is 10.9 Å². The maximum absolute atomic E-state index is 11.0. The molecule has 0 aliphatic heterocycles. The minimum atomic E-state index is -0.463. The molecule has 0 aromatic heterocycles. The van der Waals surface area contributed by atoms with Gasteiger partial charge < -0.3 is 4.74 Å². The maximum atomic E-state index is 11.0. The van der Waals surface area contributed by atoms with Crippen LogP contribution in [0.15, 0.2) is 0 Å². The zero-order valence-corrected chi connectivity index (χ0v) is 9.44. The molecule has 0 unspecified atom stereocenters. The molecule has 0 atom stereocenters. The van der Waals surface area contributed by atoms with Crippen LogP contribution in [0.5, 0.6) is 0 Å². The van der Waals surface area contributed by atoms with Crippen LogP contribution in [-0.2, 0) is 4.74 Å². The average molecular weight is 206 g/mol. The van der Waals surface area contributed by atoms with Crippen LogP contribution in [0.1, 0.15) is 27.7 Å². The van der Waals surface area contributed by atoms with Crippen molar-refractivity contribution >= 4 is 22.9 Å². The number of thiol groups is 1. The van der Waals surface area contributed by atoms with Crippen LogP contribution >= 0.6 is 11.4 Å². The van der Waals surface area contributed by atoms with Crippen molar-refractivity contribution in [1.29, 1.82) is 0 Å². The van der Waals surface area contributed by atoms with Gasteiger partial charge in [0.25, 0.3) is 0 Å². The van der Waals surface area contributed by atoms with Gasteiger partial charge in [0.05, 0.1) is 0 Å². The Kier molecular flexibility index (Phi) is 5.73. The number of carbonyl (C=O) groups is 1.